The van der Waals surface area contributed by atoms with Gasteiger partial charge in [0.25, 0.3) is 0 Å². The SMILES string of the molecule is CC1(C)CC[C@]2(CO)CC[C@]3(C)[C@](C)([C@H](O)C[C@@H]4[C@@]5(C)CC[C@H](O)C(C)(C)[C@@H]5CC[C@]43C)[C@@H]2C1. The van der Waals surface area contributed by atoms with Gasteiger partial charge >= 0.3 is 0 Å². The molecule has 10 atom stereocenters. The maximum Gasteiger partial charge on any atom is 0.0605 e. The number of aliphatic hydroxyl groups excluding tert-OH is 3. The van der Waals surface area contributed by atoms with Crippen LogP contribution in [-0.2, 0) is 0 Å². The summed E-state index contributed by atoms with van der Waals surface area (Å²) in [6.07, 6.45) is 10.4. The number of fused-ring (bicyclic) bond motifs is 7. The van der Waals surface area contributed by atoms with E-state index in [9.17, 15) is 15.3 Å². The van der Waals surface area contributed by atoms with E-state index in [2.05, 4.69) is 55.4 Å². The first-order valence-corrected chi connectivity index (χ1v) is 14.5. The summed E-state index contributed by atoms with van der Waals surface area (Å²) in [6, 6.07) is 0. The van der Waals surface area contributed by atoms with E-state index < -0.39 is 0 Å². The van der Waals surface area contributed by atoms with Crippen molar-refractivity contribution in [2.45, 2.75) is 132 Å². The predicted octanol–water partition coefficient (Wildman–Crippen LogP) is 6.58. The average Bonchev–Trinajstić information content (AvgIpc) is 2.76. The molecule has 0 saturated heterocycles. The second kappa shape index (κ2) is 7.25. The molecule has 5 rings (SSSR count). The van der Waals surface area contributed by atoms with Gasteiger partial charge in [-0.3, -0.25) is 0 Å². The molecule has 0 radical (unpaired) electrons. The molecule has 0 aromatic carbocycles. The normalized spacial score (nSPS) is 58.1. The van der Waals surface area contributed by atoms with Crippen LogP contribution in [-0.4, -0.2) is 34.1 Å². The topological polar surface area (TPSA) is 60.7 Å². The molecule has 0 aromatic heterocycles. The van der Waals surface area contributed by atoms with Crippen LogP contribution in [0.5, 0.6) is 0 Å². The van der Waals surface area contributed by atoms with E-state index in [1.165, 1.54) is 19.3 Å². The maximum absolute atomic E-state index is 12.3. The number of rotatable bonds is 1. The summed E-state index contributed by atoms with van der Waals surface area (Å²) in [5.41, 5.74) is 0.400. The third-order valence-electron chi connectivity index (χ3n) is 14.6. The van der Waals surface area contributed by atoms with Crippen molar-refractivity contribution in [2.75, 3.05) is 6.61 Å². The van der Waals surface area contributed by atoms with Crippen molar-refractivity contribution in [3.8, 4) is 0 Å². The molecular formula is C31H54O3. The first-order chi connectivity index (χ1) is 15.5. The van der Waals surface area contributed by atoms with Crippen LogP contribution in [0.3, 0.4) is 0 Å². The van der Waals surface area contributed by atoms with Gasteiger partial charge in [0.2, 0.25) is 0 Å². The molecule has 5 saturated carbocycles. The van der Waals surface area contributed by atoms with Crippen LogP contribution < -0.4 is 0 Å². The molecule has 0 bridgehead atoms. The zero-order valence-electron chi connectivity index (χ0n) is 23.5. The van der Waals surface area contributed by atoms with Gasteiger partial charge in [-0.25, -0.2) is 0 Å². The highest BCUT2D eigenvalue weighted by Crippen LogP contribution is 2.80. The van der Waals surface area contributed by atoms with Crippen molar-refractivity contribution in [3.63, 3.8) is 0 Å². The summed E-state index contributed by atoms with van der Waals surface area (Å²) in [6.45, 7) is 19.8. The van der Waals surface area contributed by atoms with E-state index in [-0.39, 0.29) is 56.7 Å². The summed E-state index contributed by atoms with van der Waals surface area (Å²) >= 11 is 0. The molecule has 5 aliphatic carbocycles. The van der Waals surface area contributed by atoms with Gasteiger partial charge in [0.1, 0.15) is 0 Å². The Morgan fingerprint density at radius 1 is 0.676 bits per heavy atom. The third-order valence-corrected chi connectivity index (χ3v) is 14.6. The summed E-state index contributed by atoms with van der Waals surface area (Å²) in [7, 11) is 0. The molecule has 0 unspecified atom stereocenters. The molecule has 0 amide bonds. The Labute approximate surface area is 209 Å². The van der Waals surface area contributed by atoms with Crippen LogP contribution in [0.2, 0.25) is 0 Å². The highest BCUT2D eigenvalue weighted by atomic mass is 16.3. The molecule has 34 heavy (non-hydrogen) atoms. The van der Waals surface area contributed by atoms with Crippen LogP contribution in [0.4, 0.5) is 0 Å². The maximum atomic E-state index is 12.3. The van der Waals surface area contributed by atoms with Crippen molar-refractivity contribution >= 4 is 0 Å². The Morgan fingerprint density at radius 3 is 1.97 bits per heavy atom. The van der Waals surface area contributed by atoms with Gasteiger partial charge in [-0.05, 0) is 114 Å². The summed E-state index contributed by atoms with van der Waals surface area (Å²) in [5.74, 6) is 1.36. The lowest BCUT2D eigenvalue weighted by Gasteiger charge is -2.78. The van der Waals surface area contributed by atoms with E-state index >= 15 is 0 Å². The highest BCUT2D eigenvalue weighted by molar-refractivity contribution is 5.24. The molecule has 5 aliphatic rings. The molecule has 3 N–H and O–H groups in total. The van der Waals surface area contributed by atoms with Crippen LogP contribution in [0.1, 0.15) is 120 Å². The Hall–Kier alpha value is -0.120. The van der Waals surface area contributed by atoms with Crippen molar-refractivity contribution in [1.29, 1.82) is 0 Å². The van der Waals surface area contributed by atoms with Gasteiger partial charge in [-0.15, -0.1) is 0 Å². The summed E-state index contributed by atoms with van der Waals surface area (Å²) in [4.78, 5) is 0. The second-order valence-corrected chi connectivity index (χ2v) is 16.3. The van der Waals surface area contributed by atoms with Gasteiger partial charge < -0.3 is 15.3 Å². The minimum atomic E-state index is -0.328. The van der Waals surface area contributed by atoms with Crippen LogP contribution in [0.25, 0.3) is 0 Å². The number of aliphatic hydroxyl groups is 3. The van der Waals surface area contributed by atoms with E-state index in [4.69, 9.17) is 0 Å². The molecule has 0 aromatic rings. The monoisotopic (exact) mass is 474 g/mol. The quantitative estimate of drug-likeness (QED) is 0.402. The van der Waals surface area contributed by atoms with E-state index in [0.717, 1.165) is 44.9 Å². The Morgan fingerprint density at radius 2 is 1.32 bits per heavy atom. The van der Waals surface area contributed by atoms with Crippen molar-refractivity contribution < 1.29 is 15.3 Å². The molecule has 0 spiro atoms. The van der Waals surface area contributed by atoms with Crippen molar-refractivity contribution in [2.24, 2.45) is 55.7 Å². The first-order valence-electron chi connectivity index (χ1n) is 14.5. The summed E-state index contributed by atoms with van der Waals surface area (Å²) < 4.78 is 0. The summed E-state index contributed by atoms with van der Waals surface area (Å²) in [5, 5.41) is 34.0. The number of hydrogen-bond donors (Lipinski definition) is 3. The molecular weight excluding hydrogens is 420 g/mol. The Kier molecular flexibility index (Phi) is 5.44. The predicted molar refractivity (Wildman–Crippen MR) is 138 cm³/mol. The lowest BCUT2D eigenvalue weighted by molar-refractivity contribution is -0.318. The largest absolute Gasteiger partial charge is 0.396 e. The standard InChI is InChI=1S/C31H54O3/c1-25(2)13-15-31(19-32)16-14-29(7)28(6)12-9-20-26(3,4)23(33)10-11-27(20,5)21(28)17-24(34)30(29,8)22(31)18-25/h20-24,32-34H,9-19H2,1-8H3/t20-,21+,22-,23-,24+,27-,28+,29-,30-,31+/m0/s1. The zero-order valence-corrected chi connectivity index (χ0v) is 23.5. The highest BCUT2D eigenvalue weighted by Gasteiger charge is 2.75. The van der Waals surface area contributed by atoms with E-state index in [1.54, 1.807) is 0 Å². The van der Waals surface area contributed by atoms with Gasteiger partial charge in [0.15, 0.2) is 0 Å². The molecule has 196 valence electrons. The molecule has 3 heteroatoms. The fourth-order valence-electron chi connectivity index (χ4n) is 11.9. The number of hydrogen-bond acceptors (Lipinski definition) is 3. The third kappa shape index (κ3) is 2.82. The molecule has 0 aliphatic heterocycles. The zero-order chi connectivity index (χ0) is 25.2. The molecule has 3 nitrogen and oxygen atoms in total. The average molecular weight is 475 g/mol. The van der Waals surface area contributed by atoms with E-state index in [1.807, 2.05) is 0 Å². The first kappa shape index (κ1) is 25.5. The van der Waals surface area contributed by atoms with Crippen molar-refractivity contribution in [3.05, 3.63) is 0 Å². The van der Waals surface area contributed by atoms with Crippen LogP contribution >= 0.6 is 0 Å². The van der Waals surface area contributed by atoms with Gasteiger partial charge in [0, 0.05) is 12.0 Å². The Balaban J connectivity index is 1.62. The van der Waals surface area contributed by atoms with Crippen LogP contribution in [0.15, 0.2) is 0 Å². The van der Waals surface area contributed by atoms with Gasteiger partial charge in [-0.2, -0.15) is 0 Å². The lowest BCUT2D eigenvalue weighted by atomic mass is 9.27. The van der Waals surface area contributed by atoms with Gasteiger partial charge in [-0.1, -0.05) is 55.4 Å². The lowest BCUT2D eigenvalue weighted by Crippen LogP contribution is -2.74. The molecule has 5 fully saturated rings. The van der Waals surface area contributed by atoms with Crippen molar-refractivity contribution in [1.82, 2.24) is 0 Å². The van der Waals surface area contributed by atoms with Crippen LogP contribution in [0, 0.1) is 55.7 Å². The van der Waals surface area contributed by atoms with Gasteiger partial charge in [0.05, 0.1) is 12.2 Å². The molecule has 0 heterocycles. The Bertz CT molecular complexity index is 835. The minimum absolute atomic E-state index is 0.0218. The second-order valence-electron chi connectivity index (χ2n) is 16.3. The minimum Gasteiger partial charge on any atom is -0.396 e. The smallest absolute Gasteiger partial charge is 0.0605 e. The van der Waals surface area contributed by atoms with E-state index in [0.29, 0.717) is 17.8 Å². The fourth-order valence-corrected chi connectivity index (χ4v) is 11.9. The fraction of sp³-hybridized carbons (Fsp3) is 1.00.